The Morgan fingerprint density at radius 2 is 2.31 bits per heavy atom. The van der Waals surface area contributed by atoms with Crippen molar-refractivity contribution in [3.05, 3.63) is 34.6 Å². The van der Waals surface area contributed by atoms with E-state index in [2.05, 4.69) is 0 Å². The molecule has 1 aromatic rings. The molecule has 1 rings (SSSR count). The van der Waals surface area contributed by atoms with Crippen molar-refractivity contribution in [2.75, 3.05) is 0 Å². The van der Waals surface area contributed by atoms with Crippen LogP contribution in [0.25, 0.3) is 0 Å². The molecule has 0 radical (unpaired) electrons. The molecular weight excluding hydrogens is 195 g/mol. The molecule has 0 amide bonds. The first-order valence-electron chi connectivity index (χ1n) is 3.55. The molecule has 13 heavy (non-hydrogen) atoms. The summed E-state index contributed by atoms with van der Waals surface area (Å²) in [5, 5.41) is 15.4. The number of nitrogens with one attached hydrogen (secondary N) is 2. The number of hydroxylamine groups is 1. The first-order valence-corrected chi connectivity index (χ1v) is 3.93. The van der Waals surface area contributed by atoms with Crippen LogP contribution in [-0.4, -0.2) is 11.0 Å². The number of amidine groups is 1. The van der Waals surface area contributed by atoms with E-state index in [0.29, 0.717) is 0 Å². The summed E-state index contributed by atoms with van der Waals surface area (Å²) in [5.74, 6) is -0.731. The highest BCUT2D eigenvalue weighted by molar-refractivity contribution is 6.30. The molecule has 0 aliphatic heterocycles. The fraction of sp³-hybridized carbons (Fsp3) is 0.125. The van der Waals surface area contributed by atoms with Crippen molar-refractivity contribution >= 4 is 17.4 Å². The topological polar surface area (TPSA) is 56.1 Å². The Morgan fingerprint density at radius 1 is 1.62 bits per heavy atom. The predicted molar refractivity (Wildman–Crippen MR) is 47.8 cm³/mol. The van der Waals surface area contributed by atoms with Crippen LogP contribution in [0.2, 0.25) is 5.02 Å². The number of halogens is 2. The van der Waals surface area contributed by atoms with E-state index in [-0.39, 0.29) is 22.8 Å². The Hall–Kier alpha value is -1.13. The lowest BCUT2D eigenvalue weighted by molar-refractivity contribution is 0.231. The largest absolute Gasteiger partial charge is 0.290 e. The summed E-state index contributed by atoms with van der Waals surface area (Å²) in [6.45, 7) is 0. The highest BCUT2D eigenvalue weighted by Crippen LogP contribution is 2.17. The summed E-state index contributed by atoms with van der Waals surface area (Å²) in [6, 6.07) is 4.52. The smallest absolute Gasteiger partial charge is 0.145 e. The molecule has 3 nitrogen and oxygen atoms in total. The predicted octanol–water partition coefficient (Wildman–Crippen LogP) is 1.98. The molecule has 0 bridgehead atoms. The molecule has 1 aromatic carbocycles. The Balaban J connectivity index is 2.89. The molecule has 3 N–H and O–H groups in total. The second-order valence-electron chi connectivity index (χ2n) is 2.48. The second kappa shape index (κ2) is 4.20. The van der Waals surface area contributed by atoms with Crippen LogP contribution in [-0.2, 0) is 6.42 Å². The summed E-state index contributed by atoms with van der Waals surface area (Å²) in [7, 11) is 0. The van der Waals surface area contributed by atoms with E-state index in [4.69, 9.17) is 22.2 Å². The van der Waals surface area contributed by atoms with Gasteiger partial charge in [0.25, 0.3) is 0 Å². The van der Waals surface area contributed by atoms with Crippen LogP contribution in [0.15, 0.2) is 18.2 Å². The standard InChI is InChI=1S/C8H8ClFN2O/c9-6-3-1-2-5(8(6)10)4-7(11)12-13/h1-3,13H,4H2,(H2,11,12). The van der Waals surface area contributed by atoms with Gasteiger partial charge in [0.05, 0.1) is 5.02 Å². The number of benzene rings is 1. The summed E-state index contributed by atoms with van der Waals surface area (Å²) in [4.78, 5) is 0. The summed E-state index contributed by atoms with van der Waals surface area (Å²) in [6.07, 6.45) is -0.0110. The third kappa shape index (κ3) is 2.40. The van der Waals surface area contributed by atoms with Crippen molar-refractivity contribution in [3.63, 3.8) is 0 Å². The maximum atomic E-state index is 13.2. The van der Waals surface area contributed by atoms with Gasteiger partial charge in [0, 0.05) is 6.42 Å². The van der Waals surface area contributed by atoms with Gasteiger partial charge in [-0.2, -0.15) is 0 Å². The maximum absolute atomic E-state index is 13.2. The third-order valence-electron chi connectivity index (χ3n) is 1.53. The van der Waals surface area contributed by atoms with Crippen molar-refractivity contribution in [2.24, 2.45) is 0 Å². The normalized spacial score (nSPS) is 9.77. The third-order valence-corrected chi connectivity index (χ3v) is 1.83. The lowest BCUT2D eigenvalue weighted by Gasteiger charge is -2.04. The first-order chi connectivity index (χ1) is 6.15. The Kier molecular flexibility index (Phi) is 3.22. The van der Waals surface area contributed by atoms with E-state index >= 15 is 0 Å². The van der Waals surface area contributed by atoms with Crippen LogP contribution in [0.5, 0.6) is 0 Å². The van der Waals surface area contributed by atoms with Crippen molar-refractivity contribution < 1.29 is 9.60 Å². The van der Waals surface area contributed by atoms with Gasteiger partial charge in [-0.1, -0.05) is 23.7 Å². The number of hydrogen-bond acceptors (Lipinski definition) is 2. The summed E-state index contributed by atoms with van der Waals surface area (Å²) >= 11 is 5.51. The van der Waals surface area contributed by atoms with Crippen molar-refractivity contribution in [3.8, 4) is 0 Å². The molecule has 0 unspecified atom stereocenters. The van der Waals surface area contributed by atoms with Gasteiger partial charge in [0.1, 0.15) is 11.7 Å². The zero-order chi connectivity index (χ0) is 9.84. The molecule has 0 atom stereocenters. The van der Waals surface area contributed by atoms with E-state index in [1.807, 2.05) is 0 Å². The van der Waals surface area contributed by atoms with Gasteiger partial charge < -0.3 is 0 Å². The van der Waals surface area contributed by atoms with Crippen molar-refractivity contribution in [1.82, 2.24) is 5.48 Å². The fourth-order valence-electron chi connectivity index (χ4n) is 0.915. The van der Waals surface area contributed by atoms with Gasteiger partial charge in [-0.3, -0.25) is 16.1 Å². The molecule has 0 aromatic heterocycles. The van der Waals surface area contributed by atoms with Crippen LogP contribution < -0.4 is 5.48 Å². The molecule has 0 heterocycles. The minimum Gasteiger partial charge on any atom is -0.290 e. The lowest BCUT2D eigenvalue weighted by atomic mass is 10.1. The van der Waals surface area contributed by atoms with Gasteiger partial charge in [-0.15, -0.1) is 0 Å². The van der Waals surface area contributed by atoms with Crippen LogP contribution in [0, 0.1) is 11.2 Å². The SMILES string of the molecule is N=C(Cc1cccc(Cl)c1F)NO. The van der Waals surface area contributed by atoms with E-state index in [1.54, 1.807) is 11.5 Å². The monoisotopic (exact) mass is 202 g/mol. The molecule has 0 fully saturated rings. The molecule has 0 aliphatic rings. The van der Waals surface area contributed by atoms with E-state index < -0.39 is 5.82 Å². The molecule has 70 valence electrons. The molecule has 0 saturated carbocycles. The van der Waals surface area contributed by atoms with E-state index in [1.165, 1.54) is 12.1 Å². The highest BCUT2D eigenvalue weighted by atomic mass is 35.5. The van der Waals surface area contributed by atoms with Gasteiger partial charge in [-0.05, 0) is 11.6 Å². The Morgan fingerprint density at radius 3 is 2.92 bits per heavy atom. The highest BCUT2D eigenvalue weighted by Gasteiger charge is 2.07. The van der Waals surface area contributed by atoms with Gasteiger partial charge in [0.15, 0.2) is 0 Å². The van der Waals surface area contributed by atoms with Gasteiger partial charge in [0.2, 0.25) is 0 Å². The van der Waals surface area contributed by atoms with E-state index in [0.717, 1.165) is 0 Å². The minimum atomic E-state index is -0.552. The first kappa shape index (κ1) is 9.95. The summed E-state index contributed by atoms with van der Waals surface area (Å²) < 4.78 is 13.2. The zero-order valence-electron chi connectivity index (χ0n) is 6.64. The quantitative estimate of drug-likeness (QED) is 0.390. The number of rotatable bonds is 2. The van der Waals surface area contributed by atoms with Crippen LogP contribution in [0.4, 0.5) is 4.39 Å². The summed E-state index contributed by atoms with van der Waals surface area (Å²) in [5.41, 5.74) is 1.91. The maximum Gasteiger partial charge on any atom is 0.145 e. The molecule has 5 heteroatoms. The number of hydrogen-bond donors (Lipinski definition) is 3. The van der Waals surface area contributed by atoms with Gasteiger partial charge in [-0.25, -0.2) is 4.39 Å². The second-order valence-corrected chi connectivity index (χ2v) is 2.89. The van der Waals surface area contributed by atoms with Crippen molar-refractivity contribution in [1.29, 1.82) is 5.41 Å². The lowest BCUT2D eigenvalue weighted by Crippen LogP contribution is -2.20. The van der Waals surface area contributed by atoms with E-state index in [9.17, 15) is 4.39 Å². The van der Waals surface area contributed by atoms with Crippen LogP contribution in [0.1, 0.15) is 5.56 Å². The molecule has 0 saturated heterocycles. The minimum absolute atomic E-state index is 0.0110. The average molecular weight is 203 g/mol. The van der Waals surface area contributed by atoms with Crippen molar-refractivity contribution in [2.45, 2.75) is 6.42 Å². The fourth-order valence-corrected chi connectivity index (χ4v) is 1.11. The molecular formula is C8H8ClFN2O. The van der Waals surface area contributed by atoms with Crippen LogP contribution in [0.3, 0.4) is 0 Å². The zero-order valence-corrected chi connectivity index (χ0v) is 7.40. The Labute approximate surface area is 79.6 Å². The average Bonchev–Trinajstić information content (AvgIpc) is 2.13. The molecule has 0 aliphatic carbocycles. The van der Waals surface area contributed by atoms with Crippen LogP contribution >= 0.6 is 11.6 Å². The Bertz CT molecular complexity index is 330. The van der Waals surface area contributed by atoms with Gasteiger partial charge >= 0.3 is 0 Å². The molecule has 0 spiro atoms.